The summed E-state index contributed by atoms with van der Waals surface area (Å²) in [6.07, 6.45) is -4.36. The van der Waals surface area contributed by atoms with Crippen LogP contribution >= 0.6 is 11.6 Å². The lowest BCUT2D eigenvalue weighted by atomic mass is 10.1. The third-order valence-corrected chi connectivity index (χ3v) is 2.87. The van der Waals surface area contributed by atoms with Crippen molar-refractivity contribution >= 4 is 17.3 Å². The van der Waals surface area contributed by atoms with Crippen LogP contribution in [-0.2, 0) is 11.3 Å². The minimum Gasteiger partial charge on any atom is -0.397 e. The second-order valence-electron chi connectivity index (χ2n) is 4.09. The molecule has 0 saturated heterocycles. The average molecular weight is 322 g/mol. The molecule has 1 aromatic carbocycles. The maximum atomic E-state index is 12.0. The number of hydrogen-bond acceptors (Lipinski definition) is 5. The minimum absolute atomic E-state index is 0.0599. The maximum Gasteiger partial charge on any atom is 0.411 e. The van der Waals surface area contributed by atoms with Crippen LogP contribution in [-0.4, -0.2) is 39.6 Å². The summed E-state index contributed by atoms with van der Waals surface area (Å²) in [5.74, 6) is 0.311. The summed E-state index contributed by atoms with van der Waals surface area (Å²) in [7, 11) is 0. The SMILES string of the molecule is Nc1c(Cl)cccc1-c1nnnn1CCOCC(F)(F)F. The molecule has 0 unspecified atom stereocenters. The normalized spacial score (nSPS) is 11.8. The number of anilines is 1. The van der Waals surface area contributed by atoms with Crippen molar-refractivity contribution in [3.8, 4) is 11.4 Å². The predicted octanol–water partition coefficient (Wildman–Crippen LogP) is 2.15. The summed E-state index contributed by atoms with van der Waals surface area (Å²) >= 11 is 5.91. The molecule has 1 heterocycles. The molecule has 114 valence electrons. The van der Waals surface area contributed by atoms with Crippen molar-refractivity contribution in [3.63, 3.8) is 0 Å². The average Bonchev–Trinajstić information content (AvgIpc) is 2.85. The van der Waals surface area contributed by atoms with Crippen LogP contribution in [0.3, 0.4) is 0 Å². The maximum absolute atomic E-state index is 12.0. The molecule has 0 spiro atoms. The molecule has 0 radical (unpaired) electrons. The van der Waals surface area contributed by atoms with E-state index in [9.17, 15) is 13.2 Å². The zero-order valence-corrected chi connectivity index (χ0v) is 11.4. The summed E-state index contributed by atoms with van der Waals surface area (Å²) in [6, 6.07) is 4.95. The van der Waals surface area contributed by atoms with Gasteiger partial charge < -0.3 is 10.5 Å². The summed E-state index contributed by atoms with van der Waals surface area (Å²) < 4.78 is 41.7. The molecule has 0 aliphatic rings. The van der Waals surface area contributed by atoms with Gasteiger partial charge in [0.05, 0.1) is 23.9 Å². The molecule has 6 nitrogen and oxygen atoms in total. The molecule has 0 atom stereocenters. The number of nitrogens with zero attached hydrogens (tertiary/aromatic N) is 4. The van der Waals surface area contributed by atoms with E-state index in [1.807, 2.05) is 0 Å². The molecular formula is C11H11ClF3N5O. The highest BCUT2D eigenvalue weighted by Crippen LogP contribution is 2.29. The van der Waals surface area contributed by atoms with E-state index in [4.69, 9.17) is 17.3 Å². The topological polar surface area (TPSA) is 78.9 Å². The monoisotopic (exact) mass is 321 g/mol. The lowest BCUT2D eigenvalue weighted by molar-refractivity contribution is -0.174. The zero-order valence-electron chi connectivity index (χ0n) is 10.6. The number of ether oxygens (including phenoxy) is 1. The molecule has 0 bridgehead atoms. The van der Waals surface area contributed by atoms with E-state index in [1.165, 1.54) is 4.68 Å². The van der Waals surface area contributed by atoms with Crippen molar-refractivity contribution in [1.29, 1.82) is 0 Å². The van der Waals surface area contributed by atoms with Crippen molar-refractivity contribution in [2.45, 2.75) is 12.7 Å². The molecule has 10 heteroatoms. The number of benzene rings is 1. The van der Waals surface area contributed by atoms with Gasteiger partial charge in [-0.05, 0) is 22.6 Å². The van der Waals surface area contributed by atoms with Gasteiger partial charge in [0, 0.05) is 5.56 Å². The number of rotatable bonds is 5. The van der Waals surface area contributed by atoms with Crippen LogP contribution in [0.4, 0.5) is 18.9 Å². The number of tetrazole rings is 1. The fourth-order valence-electron chi connectivity index (χ4n) is 1.62. The Labute approximate surface area is 122 Å². The number of nitrogen functional groups attached to an aromatic ring is 1. The van der Waals surface area contributed by atoms with Gasteiger partial charge >= 0.3 is 6.18 Å². The molecule has 0 aliphatic carbocycles. The van der Waals surface area contributed by atoms with Gasteiger partial charge in [-0.1, -0.05) is 17.7 Å². The first-order chi connectivity index (χ1) is 9.88. The molecule has 0 fully saturated rings. The van der Waals surface area contributed by atoms with Crippen molar-refractivity contribution in [2.24, 2.45) is 0 Å². The van der Waals surface area contributed by atoms with Gasteiger partial charge in [0.15, 0.2) is 5.82 Å². The fraction of sp³-hybridized carbons (Fsp3) is 0.364. The van der Waals surface area contributed by atoms with Gasteiger partial charge in [0.1, 0.15) is 6.61 Å². The van der Waals surface area contributed by atoms with Gasteiger partial charge in [-0.15, -0.1) is 5.10 Å². The van der Waals surface area contributed by atoms with Gasteiger partial charge in [-0.25, -0.2) is 4.68 Å². The summed E-state index contributed by atoms with van der Waals surface area (Å²) in [6.45, 7) is -1.44. The van der Waals surface area contributed by atoms with E-state index < -0.39 is 12.8 Å². The molecule has 2 N–H and O–H groups in total. The quantitative estimate of drug-likeness (QED) is 0.674. The van der Waals surface area contributed by atoms with Crippen molar-refractivity contribution < 1.29 is 17.9 Å². The first-order valence-electron chi connectivity index (χ1n) is 5.83. The molecule has 2 rings (SSSR count). The van der Waals surface area contributed by atoms with E-state index in [1.54, 1.807) is 18.2 Å². The Balaban J connectivity index is 2.07. The van der Waals surface area contributed by atoms with Gasteiger partial charge in [0.2, 0.25) is 0 Å². The molecule has 0 aliphatic heterocycles. The van der Waals surface area contributed by atoms with Crippen LogP contribution in [0.15, 0.2) is 18.2 Å². The van der Waals surface area contributed by atoms with Gasteiger partial charge in [-0.3, -0.25) is 0 Å². The molecule has 2 aromatic rings. The van der Waals surface area contributed by atoms with Crippen LogP contribution in [0.5, 0.6) is 0 Å². The van der Waals surface area contributed by atoms with Crippen molar-refractivity contribution in [3.05, 3.63) is 23.2 Å². The Morgan fingerprint density at radius 3 is 2.81 bits per heavy atom. The third kappa shape index (κ3) is 4.05. The largest absolute Gasteiger partial charge is 0.411 e. The van der Waals surface area contributed by atoms with E-state index in [2.05, 4.69) is 20.3 Å². The Morgan fingerprint density at radius 2 is 2.10 bits per heavy atom. The molecule has 1 aromatic heterocycles. The molecule has 0 amide bonds. The van der Waals surface area contributed by atoms with Crippen LogP contribution in [0.1, 0.15) is 0 Å². The van der Waals surface area contributed by atoms with E-state index >= 15 is 0 Å². The predicted molar refractivity (Wildman–Crippen MR) is 69.5 cm³/mol. The second-order valence-corrected chi connectivity index (χ2v) is 4.50. The van der Waals surface area contributed by atoms with E-state index in [0.29, 0.717) is 22.1 Å². The third-order valence-electron chi connectivity index (χ3n) is 2.54. The Hall–Kier alpha value is -1.87. The molecular weight excluding hydrogens is 311 g/mol. The molecule has 0 saturated carbocycles. The van der Waals surface area contributed by atoms with Crippen molar-refractivity contribution in [2.75, 3.05) is 18.9 Å². The zero-order chi connectivity index (χ0) is 15.5. The van der Waals surface area contributed by atoms with Crippen LogP contribution in [0.25, 0.3) is 11.4 Å². The Morgan fingerprint density at radius 1 is 1.33 bits per heavy atom. The number of para-hydroxylation sites is 1. The number of hydrogen-bond donors (Lipinski definition) is 1. The van der Waals surface area contributed by atoms with Crippen LogP contribution in [0.2, 0.25) is 5.02 Å². The Kier molecular flexibility index (Phi) is 4.63. The van der Waals surface area contributed by atoms with Crippen LogP contribution in [0, 0.1) is 0 Å². The summed E-state index contributed by atoms with van der Waals surface area (Å²) in [5.41, 5.74) is 6.63. The first-order valence-corrected chi connectivity index (χ1v) is 6.21. The highest BCUT2D eigenvalue weighted by Gasteiger charge is 2.27. The highest BCUT2D eigenvalue weighted by atomic mass is 35.5. The number of alkyl halides is 3. The molecule has 21 heavy (non-hydrogen) atoms. The highest BCUT2D eigenvalue weighted by molar-refractivity contribution is 6.33. The number of halogens is 4. The lowest BCUT2D eigenvalue weighted by Gasteiger charge is -2.09. The number of nitrogens with two attached hydrogens (primary N) is 1. The Bertz CT molecular complexity index is 616. The van der Waals surface area contributed by atoms with E-state index in [-0.39, 0.29) is 13.2 Å². The second kappa shape index (κ2) is 6.27. The first kappa shape index (κ1) is 15.5. The fourth-order valence-corrected chi connectivity index (χ4v) is 1.79. The summed E-state index contributed by atoms with van der Waals surface area (Å²) in [4.78, 5) is 0. The summed E-state index contributed by atoms with van der Waals surface area (Å²) in [5, 5.41) is 11.3. The minimum atomic E-state index is -4.36. The van der Waals surface area contributed by atoms with Gasteiger partial charge in [0.25, 0.3) is 0 Å². The number of aromatic nitrogens is 4. The standard InChI is InChI=1S/C11H11ClF3N5O/c12-8-3-1-2-7(9(8)16)10-17-18-19-20(10)4-5-21-6-11(13,14)15/h1-3H,4-6,16H2. The lowest BCUT2D eigenvalue weighted by Crippen LogP contribution is -2.19. The van der Waals surface area contributed by atoms with Crippen molar-refractivity contribution in [1.82, 2.24) is 20.2 Å². The smallest absolute Gasteiger partial charge is 0.397 e. The van der Waals surface area contributed by atoms with Gasteiger partial charge in [-0.2, -0.15) is 13.2 Å². The van der Waals surface area contributed by atoms with E-state index in [0.717, 1.165) is 0 Å². The van der Waals surface area contributed by atoms with Crippen LogP contribution < -0.4 is 5.73 Å².